The molecule has 0 aromatic heterocycles. The number of primary amides is 1. The van der Waals surface area contributed by atoms with Gasteiger partial charge in [-0.3, -0.25) is 14.7 Å². The number of amides is 3. The van der Waals surface area contributed by atoms with Gasteiger partial charge in [0.2, 0.25) is 10.0 Å². The Bertz CT molecular complexity index is 1340. The van der Waals surface area contributed by atoms with Crippen LogP contribution in [-0.4, -0.2) is 56.2 Å². The van der Waals surface area contributed by atoms with E-state index in [9.17, 15) is 18.0 Å². The predicted octanol–water partition coefficient (Wildman–Crippen LogP) is 3.31. The monoisotopic (exact) mass is 519 g/mol. The van der Waals surface area contributed by atoms with E-state index in [4.69, 9.17) is 16.2 Å². The number of benzene rings is 1. The number of aryl methyl sites for hydroxylation is 2. The van der Waals surface area contributed by atoms with Gasteiger partial charge in [0.05, 0.1) is 0 Å². The lowest BCUT2D eigenvalue weighted by molar-refractivity contribution is -0.125. The Balaban J connectivity index is 1.42. The summed E-state index contributed by atoms with van der Waals surface area (Å²) in [5.74, 6) is -1.31. The maximum absolute atomic E-state index is 13.2. The third-order valence-electron chi connectivity index (χ3n) is 7.59. The lowest BCUT2D eigenvalue weighted by Gasteiger charge is -2.34. The van der Waals surface area contributed by atoms with Crippen LogP contribution in [-0.2, 0) is 14.8 Å². The number of sulfonamides is 1. The molecule has 0 radical (unpaired) electrons. The number of rotatable bonds is 5. The summed E-state index contributed by atoms with van der Waals surface area (Å²) in [6.07, 6.45) is 3.36. The average molecular weight is 520 g/mol. The molecule has 196 valence electrons. The number of nitrogens with one attached hydrogen (secondary N) is 1. The number of urea groups is 1. The Hall–Kier alpha value is -2.72. The zero-order chi connectivity index (χ0) is 29.7. The molecule has 1 aromatic carbocycles. The second kappa shape index (κ2) is 9.97. The Morgan fingerprint density at radius 2 is 1.86 bits per heavy atom. The molecule has 1 aliphatic carbocycles. The van der Waals surface area contributed by atoms with Crippen molar-refractivity contribution in [2.75, 3.05) is 25.0 Å². The highest BCUT2D eigenvalue weighted by Gasteiger charge is 2.48. The number of nitrogens with two attached hydrogens (primary N) is 1. The standard InChI is InChI=1S/C26H37N5O4S/c1-17-5-7-20(8-6-17)23-28-24(32)26(29-23)10-12-31(13-11-26)36(34,35)14-9-22-18(2)15-21(16-19(22)3)30(4)25(27)33/h9,14-17,20H,5-8,10-13H2,1-4H3,(H2,27,33)(H,28,29,32)/b14-9+/i1D3,17D. The van der Waals surface area contributed by atoms with Crippen LogP contribution in [0.3, 0.4) is 0 Å². The number of hydrogen-bond acceptors (Lipinski definition) is 5. The first kappa shape index (κ1) is 21.4. The van der Waals surface area contributed by atoms with Gasteiger partial charge in [-0.1, -0.05) is 19.7 Å². The summed E-state index contributed by atoms with van der Waals surface area (Å²) >= 11 is 0. The molecule has 10 heteroatoms. The van der Waals surface area contributed by atoms with Crippen LogP contribution in [0.15, 0.2) is 22.5 Å². The fourth-order valence-corrected chi connectivity index (χ4v) is 6.37. The largest absolute Gasteiger partial charge is 0.351 e. The number of carbonyl (C=O) groups is 2. The van der Waals surface area contributed by atoms with Crippen LogP contribution in [0.5, 0.6) is 0 Å². The Kier molecular flexibility index (Phi) is 5.92. The topological polar surface area (TPSA) is 125 Å². The highest BCUT2D eigenvalue weighted by Crippen LogP contribution is 2.36. The first-order chi connectivity index (χ1) is 18.5. The van der Waals surface area contributed by atoms with Crippen molar-refractivity contribution < 1.29 is 23.5 Å². The summed E-state index contributed by atoms with van der Waals surface area (Å²) < 4.78 is 59.0. The molecule has 0 bridgehead atoms. The predicted molar refractivity (Wildman–Crippen MR) is 142 cm³/mol. The Labute approximate surface area is 219 Å². The number of amidine groups is 1. The van der Waals surface area contributed by atoms with Gasteiger partial charge in [-0.15, -0.1) is 0 Å². The van der Waals surface area contributed by atoms with E-state index < -0.39 is 34.3 Å². The van der Waals surface area contributed by atoms with Crippen molar-refractivity contribution in [2.45, 2.75) is 64.8 Å². The first-order valence-electron chi connectivity index (χ1n) is 14.2. The van der Waals surface area contributed by atoms with Crippen LogP contribution in [0.4, 0.5) is 10.5 Å². The van der Waals surface area contributed by atoms with Crippen molar-refractivity contribution >= 4 is 39.6 Å². The minimum atomic E-state index is -3.77. The highest BCUT2D eigenvalue weighted by atomic mass is 32.2. The van der Waals surface area contributed by atoms with Crippen molar-refractivity contribution in [1.82, 2.24) is 9.62 Å². The fraction of sp³-hybridized carbons (Fsp3) is 0.577. The molecule has 3 amide bonds. The summed E-state index contributed by atoms with van der Waals surface area (Å²) in [6, 6.07) is 2.94. The lowest BCUT2D eigenvalue weighted by atomic mass is 9.82. The molecule has 3 aliphatic rings. The minimum absolute atomic E-state index is 0.116. The normalized spacial score (nSPS) is 28.7. The van der Waals surface area contributed by atoms with Gasteiger partial charge in [0.1, 0.15) is 11.4 Å². The molecule has 9 nitrogen and oxygen atoms in total. The van der Waals surface area contributed by atoms with Gasteiger partial charge in [-0.05, 0) is 80.3 Å². The van der Waals surface area contributed by atoms with Crippen LogP contribution in [0.25, 0.3) is 6.08 Å². The SMILES string of the molecule is [2H]C([2H])([2H])C1([2H])CCC(C2=NC3(CCN(S(=O)(=O)/C=C/c4c(C)cc(N(C)C(N)=O)cc4C)CC3)C(=O)N2)CC1. The van der Waals surface area contributed by atoms with E-state index in [1.54, 1.807) is 25.3 Å². The zero-order valence-electron chi connectivity index (χ0n) is 25.0. The first-order valence-corrected chi connectivity index (χ1v) is 13.7. The molecule has 0 unspecified atom stereocenters. The molecular formula is C26H37N5O4S. The van der Waals surface area contributed by atoms with Crippen molar-refractivity contribution in [1.29, 1.82) is 0 Å². The quantitative estimate of drug-likeness (QED) is 0.619. The molecule has 2 aliphatic heterocycles. The number of hydrogen-bond donors (Lipinski definition) is 2. The van der Waals surface area contributed by atoms with Crippen LogP contribution in [0.2, 0.25) is 0 Å². The molecule has 4 rings (SSSR count). The van der Waals surface area contributed by atoms with E-state index in [1.807, 2.05) is 13.8 Å². The number of nitrogens with zero attached hydrogens (tertiary/aromatic N) is 3. The summed E-state index contributed by atoms with van der Waals surface area (Å²) in [7, 11) is -2.20. The molecule has 3 N–H and O–H groups in total. The van der Waals surface area contributed by atoms with Crippen LogP contribution in [0, 0.1) is 25.7 Å². The molecule has 1 saturated heterocycles. The third-order valence-corrected chi connectivity index (χ3v) is 9.15. The van der Waals surface area contributed by atoms with Gasteiger partial charge in [0.25, 0.3) is 5.91 Å². The Morgan fingerprint density at radius 1 is 1.25 bits per heavy atom. The summed E-state index contributed by atoms with van der Waals surface area (Å²) in [6.45, 7) is 1.58. The summed E-state index contributed by atoms with van der Waals surface area (Å²) in [5.41, 5.74) is 7.25. The van der Waals surface area contributed by atoms with Crippen LogP contribution < -0.4 is 16.0 Å². The second-order valence-electron chi connectivity index (χ2n) is 10.00. The second-order valence-corrected chi connectivity index (χ2v) is 11.8. The fourth-order valence-electron chi connectivity index (χ4n) is 5.20. The van der Waals surface area contributed by atoms with E-state index in [1.165, 1.54) is 14.6 Å². The zero-order valence-corrected chi connectivity index (χ0v) is 21.8. The molecular weight excluding hydrogens is 478 g/mol. The van der Waals surface area contributed by atoms with Gasteiger partial charge >= 0.3 is 6.03 Å². The summed E-state index contributed by atoms with van der Waals surface area (Å²) in [4.78, 5) is 30.5. The Morgan fingerprint density at radius 3 is 2.42 bits per heavy atom. The van der Waals surface area contributed by atoms with Crippen LogP contribution >= 0.6 is 0 Å². The maximum atomic E-state index is 13.2. The van der Waals surface area contributed by atoms with Crippen molar-refractivity contribution in [2.24, 2.45) is 22.5 Å². The molecule has 36 heavy (non-hydrogen) atoms. The van der Waals surface area contributed by atoms with Crippen molar-refractivity contribution in [3.05, 3.63) is 34.2 Å². The highest BCUT2D eigenvalue weighted by molar-refractivity contribution is 7.92. The van der Waals surface area contributed by atoms with E-state index in [2.05, 4.69) is 5.32 Å². The lowest BCUT2D eigenvalue weighted by Crippen LogP contribution is -2.50. The number of carbonyl (C=O) groups excluding carboxylic acids is 2. The van der Waals surface area contributed by atoms with Crippen molar-refractivity contribution in [3.63, 3.8) is 0 Å². The molecule has 1 spiro atoms. The van der Waals surface area contributed by atoms with E-state index in [0.29, 0.717) is 24.4 Å². The van der Waals surface area contributed by atoms with Gasteiger partial charge in [-0.25, -0.2) is 13.2 Å². The van der Waals surface area contributed by atoms with Gasteiger partial charge in [0, 0.05) is 42.6 Å². The number of piperidine rings is 1. The summed E-state index contributed by atoms with van der Waals surface area (Å²) in [5, 5.41) is 4.05. The van der Waals surface area contributed by atoms with E-state index in [0.717, 1.165) is 16.7 Å². The number of anilines is 1. The molecule has 1 aromatic rings. The molecule has 0 atom stereocenters. The van der Waals surface area contributed by atoms with Gasteiger partial charge in [-0.2, -0.15) is 4.31 Å². The smallest absolute Gasteiger partial charge is 0.318 e. The third kappa shape index (κ3) is 5.20. The molecule has 2 heterocycles. The van der Waals surface area contributed by atoms with E-state index in [-0.39, 0.29) is 50.6 Å². The minimum Gasteiger partial charge on any atom is -0.351 e. The molecule has 2 fully saturated rings. The van der Waals surface area contributed by atoms with E-state index >= 15 is 0 Å². The van der Waals surface area contributed by atoms with Crippen molar-refractivity contribution in [3.8, 4) is 0 Å². The number of aliphatic imine (C=N–C) groups is 1. The maximum Gasteiger partial charge on any atom is 0.318 e. The molecule has 1 saturated carbocycles. The average Bonchev–Trinajstić information content (AvgIpc) is 3.18. The van der Waals surface area contributed by atoms with Crippen LogP contribution in [0.1, 0.15) is 67.6 Å². The van der Waals surface area contributed by atoms with Gasteiger partial charge < -0.3 is 11.1 Å². The van der Waals surface area contributed by atoms with Gasteiger partial charge in [0.15, 0.2) is 0 Å².